The molecule has 1 unspecified atom stereocenters. The highest BCUT2D eigenvalue weighted by atomic mass is 32.1. The smallest absolute Gasteiger partial charge is 0.259 e. The number of nitrogens with one attached hydrogen (secondary N) is 2. The first kappa shape index (κ1) is 37.6. The number of carbonyl (C=O) groups is 2. The number of imide groups is 1. The first-order valence-electron chi connectivity index (χ1n) is 20.1. The van der Waals surface area contributed by atoms with Crippen LogP contribution in [0.25, 0.3) is 38.2 Å². The molecule has 296 valence electrons. The van der Waals surface area contributed by atoms with E-state index in [0.717, 1.165) is 107 Å². The molecule has 1 saturated carbocycles. The van der Waals surface area contributed by atoms with Crippen LogP contribution in [-0.2, 0) is 9.59 Å². The molecular weight excluding hydrogens is 751 g/mol. The lowest BCUT2D eigenvalue weighted by molar-refractivity contribution is -0.135. The summed E-state index contributed by atoms with van der Waals surface area (Å²) in [5.41, 5.74) is 5.74. The van der Waals surface area contributed by atoms with Crippen LogP contribution in [0.15, 0.2) is 71.9 Å². The van der Waals surface area contributed by atoms with E-state index in [2.05, 4.69) is 54.9 Å². The Labute approximate surface area is 339 Å². The van der Waals surface area contributed by atoms with Crippen molar-refractivity contribution in [2.75, 3.05) is 43.9 Å². The minimum Gasteiger partial charge on any atom is -0.387 e. The van der Waals surface area contributed by atoms with Gasteiger partial charge in [0.2, 0.25) is 11.8 Å². The summed E-state index contributed by atoms with van der Waals surface area (Å²) >= 11 is 1.67. The number of aromatic nitrogens is 6. The topological polar surface area (TPSA) is 166 Å². The van der Waals surface area contributed by atoms with Crippen molar-refractivity contribution in [2.45, 2.75) is 69.4 Å². The molecule has 3 fully saturated rings. The van der Waals surface area contributed by atoms with Crippen LogP contribution in [-0.4, -0.2) is 85.8 Å². The summed E-state index contributed by atoms with van der Waals surface area (Å²) < 4.78 is 3.26. The molecule has 3 aliphatic rings. The normalized spacial score (nSPS) is 20.4. The number of benzene rings is 1. The Morgan fingerprint density at radius 2 is 1.79 bits per heavy atom. The number of nitriles is 1. The van der Waals surface area contributed by atoms with E-state index >= 15 is 0 Å². The van der Waals surface area contributed by atoms with Crippen LogP contribution in [0, 0.1) is 17.2 Å². The standard InChI is InChI=1S/C43H45N11O3S/c1-45-35-21-36(37-10-8-32-19-27(22-44)23-47-54(32)37)46-24-34(35)42-50-49-41(58-42)28-3-5-30(6-4-28)51(2)25-26-13-16-52(17-14-26)31-7-9-33-29(20-31)15-18-53(43(33)57)38-11-12-39(55)48-40(38)56/h7-10,15,18-21,23-24,26,28,30,38H,3-6,11-14,16-17,25H2,1-2H3,(H,45,46)(H,48,55,56)/t28-,30-,38?. The molecule has 2 amide bonds. The zero-order valence-electron chi connectivity index (χ0n) is 32.6. The maximum Gasteiger partial charge on any atom is 0.259 e. The van der Waals surface area contributed by atoms with Crippen molar-refractivity contribution >= 4 is 50.8 Å². The number of carbonyl (C=O) groups excluding carboxylic acids is 2. The summed E-state index contributed by atoms with van der Waals surface area (Å²) in [7, 11) is 4.19. The fourth-order valence-corrected chi connectivity index (χ4v) is 10.1. The van der Waals surface area contributed by atoms with Gasteiger partial charge in [0.15, 0.2) is 5.01 Å². The number of nitrogens with zero attached hydrogens (tertiary/aromatic N) is 9. The Hall–Kier alpha value is -5.98. The molecule has 0 bridgehead atoms. The number of fused-ring (bicyclic) bond motifs is 2. The van der Waals surface area contributed by atoms with Gasteiger partial charge < -0.3 is 19.7 Å². The second-order valence-corrected chi connectivity index (χ2v) is 16.9. The Bertz CT molecular complexity index is 2630. The molecular formula is C43H45N11O3S. The van der Waals surface area contributed by atoms with E-state index in [1.807, 2.05) is 55.7 Å². The lowest BCUT2D eigenvalue weighted by Gasteiger charge is -2.39. The summed E-state index contributed by atoms with van der Waals surface area (Å²) in [6.45, 7) is 3.04. The van der Waals surface area contributed by atoms with Crippen molar-refractivity contribution in [3.05, 3.63) is 88.0 Å². The van der Waals surface area contributed by atoms with Crippen LogP contribution in [0.5, 0.6) is 0 Å². The fraction of sp³-hybridized carbons (Fsp3) is 0.395. The van der Waals surface area contributed by atoms with Crippen LogP contribution >= 0.6 is 11.3 Å². The number of hydrogen-bond donors (Lipinski definition) is 2. The van der Waals surface area contributed by atoms with Gasteiger partial charge in [-0.1, -0.05) is 11.3 Å². The SMILES string of the molecule is CNc1cc(-c2ccc3cc(C#N)cnn23)ncc1-c1nnc([C@H]2CC[C@H](N(C)CC3CCN(c4ccc5c(=O)n(C6CCC(=O)NC6=O)ccc5c4)CC3)CC2)s1. The molecule has 1 aromatic carbocycles. The molecule has 9 rings (SSSR count). The van der Waals surface area contributed by atoms with Gasteiger partial charge in [-0.25, -0.2) is 4.52 Å². The summed E-state index contributed by atoms with van der Waals surface area (Å²) in [6, 6.07) is 17.7. The third-order valence-electron chi connectivity index (χ3n) is 12.4. The Morgan fingerprint density at radius 3 is 2.57 bits per heavy atom. The van der Waals surface area contributed by atoms with Crippen molar-refractivity contribution in [2.24, 2.45) is 5.92 Å². The molecule has 6 aromatic rings. The molecule has 7 heterocycles. The lowest BCUT2D eigenvalue weighted by Crippen LogP contribution is -2.44. The van der Waals surface area contributed by atoms with Crippen molar-refractivity contribution in [3.63, 3.8) is 0 Å². The largest absolute Gasteiger partial charge is 0.387 e. The number of pyridine rings is 2. The number of anilines is 2. The maximum absolute atomic E-state index is 13.3. The van der Waals surface area contributed by atoms with Crippen molar-refractivity contribution in [1.29, 1.82) is 5.26 Å². The van der Waals surface area contributed by atoms with Gasteiger partial charge in [0, 0.05) is 74.2 Å². The summed E-state index contributed by atoms with van der Waals surface area (Å²) in [5, 5.41) is 32.1. The molecule has 58 heavy (non-hydrogen) atoms. The molecule has 2 saturated heterocycles. The van der Waals surface area contributed by atoms with Gasteiger partial charge in [-0.05, 0) is 112 Å². The Balaban J connectivity index is 0.775. The minimum atomic E-state index is -0.662. The molecule has 0 radical (unpaired) electrons. The first-order valence-corrected chi connectivity index (χ1v) is 20.9. The zero-order chi connectivity index (χ0) is 39.9. The van der Waals surface area contributed by atoms with Gasteiger partial charge in [-0.2, -0.15) is 10.4 Å². The van der Waals surface area contributed by atoms with E-state index in [-0.39, 0.29) is 17.9 Å². The number of hydrogen-bond acceptors (Lipinski definition) is 12. The monoisotopic (exact) mass is 795 g/mol. The summed E-state index contributed by atoms with van der Waals surface area (Å²) in [5.74, 6) is 0.332. The molecule has 0 spiro atoms. The molecule has 1 aliphatic carbocycles. The van der Waals surface area contributed by atoms with Gasteiger partial charge in [0.05, 0.1) is 34.2 Å². The van der Waals surface area contributed by atoms with E-state index in [1.54, 1.807) is 28.2 Å². The summed E-state index contributed by atoms with van der Waals surface area (Å²) in [4.78, 5) is 47.1. The zero-order valence-corrected chi connectivity index (χ0v) is 33.4. The highest BCUT2D eigenvalue weighted by Gasteiger charge is 2.31. The molecule has 2 aliphatic heterocycles. The van der Waals surface area contributed by atoms with Gasteiger partial charge in [0.1, 0.15) is 17.1 Å². The maximum atomic E-state index is 13.3. The summed E-state index contributed by atoms with van der Waals surface area (Å²) in [6.07, 6.45) is 12.4. The van der Waals surface area contributed by atoms with Crippen LogP contribution < -0.4 is 21.1 Å². The van der Waals surface area contributed by atoms with Crippen molar-refractivity contribution < 1.29 is 9.59 Å². The van der Waals surface area contributed by atoms with Crippen LogP contribution in [0.1, 0.15) is 73.9 Å². The second-order valence-electron chi connectivity index (χ2n) is 15.9. The van der Waals surface area contributed by atoms with E-state index in [0.29, 0.717) is 35.2 Å². The van der Waals surface area contributed by atoms with Gasteiger partial charge >= 0.3 is 0 Å². The molecule has 2 N–H and O–H groups in total. The molecule has 15 heteroatoms. The Morgan fingerprint density at radius 1 is 0.966 bits per heavy atom. The van der Waals surface area contributed by atoms with Crippen molar-refractivity contribution in [3.8, 4) is 28.0 Å². The third kappa shape index (κ3) is 7.22. The minimum absolute atomic E-state index is 0.205. The highest BCUT2D eigenvalue weighted by molar-refractivity contribution is 7.14. The van der Waals surface area contributed by atoms with Gasteiger partial charge in [-0.3, -0.25) is 24.7 Å². The predicted molar refractivity (Wildman–Crippen MR) is 224 cm³/mol. The Kier molecular flexibility index (Phi) is 10.2. The van der Waals surface area contributed by atoms with Gasteiger partial charge in [0.25, 0.3) is 5.56 Å². The number of rotatable bonds is 9. The highest BCUT2D eigenvalue weighted by Crippen LogP contribution is 2.40. The van der Waals surface area contributed by atoms with Crippen LogP contribution in [0.3, 0.4) is 0 Å². The first-order chi connectivity index (χ1) is 28.3. The van der Waals surface area contributed by atoms with E-state index in [4.69, 9.17) is 4.98 Å². The second kappa shape index (κ2) is 15.8. The molecule has 1 atom stereocenters. The van der Waals surface area contributed by atoms with E-state index in [1.165, 1.54) is 4.57 Å². The molecule has 5 aromatic heterocycles. The lowest BCUT2D eigenvalue weighted by atomic mass is 9.85. The number of amides is 2. The van der Waals surface area contributed by atoms with E-state index in [9.17, 15) is 19.6 Å². The van der Waals surface area contributed by atoms with Gasteiger partial charge in [-0.15, -0.1) is 10.2 Å². The van der Waals surface area contributed by atoms with Crippen LogP contribution in [0.4, 0.5) is 11.4 Å². The third-order valence-corrected chi connectivity index (χ3v) is 13.5. The van der Waals surface area contributed by atoms with Crippen LogP contribution in [0.2, 0.25) is 0 Å². The number of piperidine rings is 2. The van der Waals surface area contributed by atoms with Crippen molar-refractivity contribution in [1.82, 2.24) is 39.6 Å². The fourth-order valence-electron chi connectivity index (χ4n) is 9.07. The average Bonchev–Trinajstić information content (AvgIpc) is 3.92. The average molecular weight is 796 g/mol. The predicted octanol–water partition coefficient (Wildman–Crippen LogP) is 6.00. The molecule has 14 nitrogen and oxygen atoms in total. The quantitative estimate of drug-likeness (QED) is 0.165. The van der Waals surface area contributed by atoms with E-state index < -0.39 is 11.9 Å².